The Morgan fingerprint density at radius 3 is 2.65 bits per heavy atom. The molecule has 20 heavy (non-hydrogen) atoms. The number of benzene rings is 2. The molecular formula is C16H15NOS2. The Bertz CT molecular complexity index is 732. The second-order valence-electron chi connectivity index (χ2n) is 4.62. The van der Waals surface area contributed by atoms with Crippen LogP contribution in [0.25, 0.3) is 10.8 Å². The standard InChI is InChI=1S/C16H15NOS2/c17-15(11-20(18)16-9-4-10-19-16)14-8-3-6-12-5-1-2-7-13(12)14/h1-10,15H,11,17H2. The van der Waals surface area contributed by atoms with Gasteiger partial charge in [-0.2, -0.15) is 0 Å². The first-order valence-corrected chi connectivity index (χ1v) is 8.60. The maximum absolute atomic E-state index is 12.3. The van der Waals surface area contributed by atoms with E-state index in [0.717, 1.165) is 15.2 Å². The van der Waals surface area contributed by atoms with Crippen LogP contribution < -0.4 is 5.73 Å². The molecule has 1 aromatic heterocycles. The summed E-state index contributed by atoms with van der Waals surface area (Å²) in [5, 5.41) is 4.25. The van der Waals surface area contributed by atoms with Crippen molar-refractivity contribution in [2.24, 2.45) is 5.73 Å². The molecule has 0 spiro atoms. The van der Waals surface area contributed by atoms with Crippen molar-refractivity contribution in [3.05, 3.63) is 65.5 Å². The molecule has 2 atom stereocenters. The lowest BCUT2D eigenvalue weighted by atomic mass is 10.0. The van der Waals surface area contributed by atoms with Gasteiger partial charge in [-0.05, 0) is 27.8 Å². The van der Waals surface area contributed by atoms with E-state index in [-0.39, 0.29) is 6.04 Å². The average molecular weight is 301 g/mol. The fraction of sp³-hybridized carbons (Fsp3) is 0.125. The van der Waals surface area contributed by atoms with Crippen LogP contribution in [-0.2, 0) is 10.8 Å². The van der Waals surface area contributed by atoms with Crippen LogP contribution in [-0.4, -0.2) is 9.96 Å². The number of fused-ring (bicyclic) bond motifs is 1. The number of hydrogen-bond donors (Lipinski definition) is 1. The molecule has 0 saturated carbocycles. The number of rotatable bonds is 4. The molecule has 2 unspecified atom stereocenters. The molecule has 1 heterocycles. The third kappa shape index (κ3) is 2.68. The van der Waals surface area contributed by atoms with Gasteiger partial charge in [0.25, 0.3) is 0 Å². The second kappa shape index (κ2) is 5.87. The summed E-state index contributed by atoms with van der Waals surface area (Å²) in [4.78, 5) is 0. The van der Waals surface area contributed by atoms with E-state index < -0.39 is 10.8 Å². The maximum atomic E-state index is 12.3. The van der Waals surface area contributed by atoms with Gasteiger partial charge in [0.2, 0.25) is 0 Å². The highest BCUT2D eigenvalue weighted by Crippen LogP contribution is 2.25. The van der Waals surface area contributed by atoms with E-state index in [2.05, 4.69) is 18.2 Å². The molecule has 3 rings (SSSR count). The Morgan fingerprint density at radius 1 is 1.05 bits per heavy atom. The van der Waals surface area contributed by atoms with Crippen LogP contribution in [0.15, 0.2) is 64.2 Å². The molecule has 2 nitrogen and oxygen atoms in total. The largest absolute Gasteiger partial charge is 0.323 e. The van der Waals surface area contributed by atoms with Gasteiger partial charge in [0.1, 0.15) is 0 Å². The SMILES string of the molecule is NC(CS(=O)c1cccs1)c1cccc2ccccc12. The molecule has 0 saturated heterocycles. The summed E-state index contributed by atoms with van der Waals surface area (Å²) in [5.41, 5.74) is 7.34. The zero-order valence-electron chi connectivity index (χ0n) is 10.9. The summed E-state index contributed by atoms with van der Waals surface area (Å²) in [6.45, 7) is 0. The molecule has 2 aromatic carbocycles. The van der Waals surface area contributed by atoms with Gasteiger partial charge in [-0.1, -0.05) is 48.5 Å². The van der Waals surface area contributed by atoms with E-state index in [4.69, 9.17) is 5.73 Å². The molecule has 2 N–H and O–H groups in total. The van der Waals surface area contributed by atoms with Gasteiger partial charge in [-0.25, -0.2) is 0 Å². The Kier molecular flexibility index (Phi) is 3.96. The van der Waals surface area contributed by atoms with Crippen LogP contribution in [0.4, 0.5) is 0 Å². The second-order valence-corrected chi connectivity index (χ2v) is 7.29. The van der Waals surface area contributed by atoms with Crippen LogP contribution in [0.2, 0.25) is 0 Å². The molecule has 0 aliphatic heterocycles. The topological polar surface area (TPSA) is 43.1 Å². The third-order valence-electron chi connectivity index (χ3n) is 3.27. The van der Waals surface area contributed by atoms with E-state index in [1.165, 1.54) is 16.7 Å². The van der Waals surface area contributed by atoms with Gasteiger partial charge < -0.3 is 5.73 Å². The predicted molar refractivity (Wildman–Crippen MR) is 86.5 cm³/mol. The number of nitrogens with two attached hydrogens (primary N) is 1. The first-order chi connectivity index (χ1) is 9.75. The fourth-order valence-electron chi connectivity index (χ4n) is 2.30. The summed E-state index contributed by atoms with van der Waals surface area (Å²) >= 11 is 1.52. The van der Waals surface area contributed by atoms with E-state index >= 15 is 0 Å². The molecule has 0 bridgehead atoms. The lowest BCUT2D eigenvalue weighted by Crippen LogP contribution is -2.18. The minimum absolute atomic E-state index is 0.218. The van der Waals surface area contributed by atoms with Crippen LogP contribution in [0.5, 0.6) is 0 Å². The van der Waals surface area contributed by atoms with Gasteiger partial charge in [0.15, 0.2) is 0 Å². The Hall–Kier alpha value is -1.49. The molecule has 0 radical (unpaired) electrons. The monoisotopic (exact) mass is 301 g/mol. The lowest BCUT2D eigenvalue weighted by Gasteiger charge is -2.14. The van der Waals surface area contributed by atoms with Crippen molar-refractivity contribution < 1.29 is 4.21 Å². The van der Waals surface area contributed by atoms with E-state index in [0.29, 0.717) is 5.75 Å². The molecule has 0 fully saturated rings. The van der Waals surface area contributed by atoms with Gasteiger partial charge in [0.05, 0.1) is 15.0 Å². The molecular weight excluding hydrogens is 286 g/mol. The van der Waals surface area contributed by atoms with Crippen LogP contribution in [0.1, 0.15) is 11.6 Å². The molecule has 3 aromatic rings. The van der Waals surface area contributed by atoms with Gasteiger partial charge in [-0.3, -0.25) is 4.21 Å². The highest BCUT2D eigenvalue weighted by Gasteiger charge is 2.14. The molecule has 102 valence electrons. The third-order valence-corrected chi connectivity index (χ3v) is 6.03. The van der Waals surface area contributed by atoms with E-state index in [1.807, 2.05) is 41.8 Å². The summed E-state index contributed by atoms with van der Waals surface area (Å²) in [6.07, 6.45) is 0. The average Bonchev–Trinajstić information content (AvgIpc) is 3.01. The Morgan fingerprint density at radius 2 is 1.85 bits per heavy atom. The van der Waals surface area contributed by atoms with E-state index in [9.17, 15) is 4.21 Å². The van der Waals surface area contributed by atoms with Gasteiger partial charge >= 0.3 is 0 Å². The molecule has 0 aliphatic carbocycles. The van der Waals surface area contributed by atoms with Crippen molar-refractivity contribution in [2.45, 2.75) is 10.3 Å². The zero-order valence-corrected chi connectivity index (χ0v) is 12.5. The van der Waals surface area contributed by atoms with Crippen LogP contribution in [0.3, 0.4) is 0 Å². The minimum Gasteiger partial charge on any atom is -0.323 e. The van der Waals surface area contributed by atoms with Crippen molar-refractivity contribution in [2.75, 3.05) is 5.75 Å². The fourth-order valence-corrected chi connectivity index (χ4v) is 4.45. The first kappa shape index (κ1) is 13.5. The number of thiophene rings is 1. The maximum Gasteiger partial charge on any atom is 0.0911 e. The minimum atomic E-state index is -1.03. The zero-order chi connectivity index (χ0) is 13.9. The van der Waals surface area contributed by atoms with Crippen molar-refractivity contribution >= 4 is 32.9 Å². The van der Waals surface area contributed by atoms with E-state index in [1.54, 1.807) is 0 Å². The van der Waals surface area contributed by atoms with Crippen LogP contribution in [0, 0.1) is 0 Å². The summed E-state index contributed by atoms with van der Waals surface area (Å²) in [6, 6.07) is 17.9. The normalized spacial score (nSPS) is 14.2. The van der Waals surface area contributed by atoms with Crippen LogP contribution >= 0.6 is 11.3 Å². The Labute approximate surface area is 124 Å². The van der Waals surface area contributed by atoms with Crippen molar-refractivity contribution in [1.29, 1.82) is 0 Å². The quantitative estimate of drug-likeness (QED) is 0.798. The first-order valence-electron chi connectivity index (χ1n) is 6.41. The summed E-state index contributed by atoms with van der Waals surface area (Å²) in [5.74, 6) is 0.453. The van der Waals surface area contributed by atoms with Crippen molar-refractivity contribution in [1.82, 2.24) is 0 Å². The van der Waals surface area contributed by atoms with Crippen molar-refractivity contribution in [3.63, 3.8) is 0 Å². The Balaban J connectivity index is 1.89. The smallest absolute Gasteiger partial charge is 0.0911 e. The highest BCUT2D eigenvalue weighted by molar-refractivity contribution is 7.87. The summed E-state index contributed by atoms with van der Waals surface area (Å²) < 4.78 is 13.2. The molecule has 0 amide bonds. The summed E-state index contributed by atoms with van der Waals surface area (Å²) in [7, 11) is -1.03. The van der Waals surface area contributed by atoms with Crippen molar-refractivity contribution in [3.8, 4) is 0 Å². The predicted octanol–water partition coefficient (Wildman–Crippen LogP) is 3.71. The van der Waals surface area contributed by atoms with Gasteiger partial charge in [0, 0.05) is 11.8 Å². The molecule has 0 aliphatic rings. The highest BCUT2D eigenvalue weighted by atomic mass is 32.2. The molecule has 4 heteroatoms. The number of hydrogen-bond acceptors (Lipinski definition) is 3. The lowest BCUT2D eigenvalue weighted by molar-refractivity contribution is 0.677. The van der Waals surface area contributed by atoms with Gasteiger partial charge in [-0.15, -0.1) is 11.3 Å².